The van der Waals surface area contributed by atoms with E-state index in [1.54, 1.807) is 56.3 Å². The third kappa shape index (κ3) is 4.42. The standard InChI is InChI=1S/C26H24N2O6S/c1-5-34-26(32)21-14(2)15(3)35-23(21)27-22(29)19-12-16(10-11-20(19)33-4)13-28-24(30)17-8-6-7-9-18(17)25(28)31/h6-12H,5,13H2,1-4H3,(H,27,29). The summed E-state index contributed by atoms with van der Waals surface area (Å²) in [4.78, 5) is 53.3. The first-order chi connectivity index (χ1) is 16.8. The fourth-order valence-electron chi connectivity index (χ4n) is 3.93. The van der Waals surface area contributed by atoms with Crippen molar-refractivity contribution in [3.8, 4) is 5.75 Å². The minimum Gasteiger partial charge on any atom is -0.496 e. The molecule has 0 atom stereocenters. The molecule has 2 heterocycles. The van der Waals surface area contributed by atoms with Crippen LogP contribution in [0.25, 0.3) is 0 Å². The fraction of sp³-hybridized carbons (Fsp3) is 0.231. The van der Waals surface area contributed by atoms with Crippen LogP contribution in [0.4, 0.5) is 5.00 Å². The third-order valence-corrected chi connectivity index (χ3v) is 6.94. The van der Waals surface area contributed by atoms with Gasteiger partial charge in [-0.05, 0) is 56.2 Å². The van der Waals surface area contributed by atoms with Crippen LogP contribution in [0.2, 0.25) is 0 Å². The van der Waals surface area contributed by atoms with Gasteiger partial charge in [-0.2, -0.15) is 0 Å². The predicted octanol–water partition coefficient (Wildman–Crippen LogP) is 4.60. The van der Waals surface area contributed by atoms with E-state index in [0.29, 0.717) is 33.0 Å². The SMILES string of the molecule is CCOC(=O)c1c(NC(=O)c2cc(CN3C(=O)c4ccccc4C3=O)ccc2OC)sc(C)c1C. The third-order valence-electron chi connectivity index (χ3n) is 5.82. The van der Waals surface area contributed by atoms with E-state index in [9.17, 15) is 19.2 Å². The first kappa shape index (κ1) is 24.2. The Bertz CT molecular complexity index is 1320. The first-order valence-corrected chi connectivity index (χ1v) is 11.8. The number of fused-ring (bicyclic) bond motifs is 1. The highest BCUT2D eigenvalue weighted by atomic mass is 32.1. The molecule has 4 rings (SSSR count). The van der Waals surface area contributed by atoms with E-state index in [4.69, 9.17) is 9.47 Å². The van der Waals surface area contributed by atoms with Crippen LogP contribution in [0, 0.1) is 13.8 Å². The van der Waals surface area contributed by atoms with Gasteiger partial charge in [0.15, 0.2) is 0 Å². The van der Waals surface area contributed by atoms with Crippen molar-refractivity contribution in [1.82, 2.24) is 4.90 Å². The topological polar surface area (TPSA) is 102 Å². The molecule has 1 N–H and O–H groups in total. The van der Waals surface area contributed by atoms with E-state index in [1.165, 1.54) is 18.4 Å². The average Bonchev–Trinajstić information content (AvgIpc) is 3.26. The van der Waals surface area contributed by atoms with Crippen molar-refractivity contribution in [1.29, 1.82) is 0 Å². The second-order valence-corrected chi connectivity index (χ2v) is 9.16. The van der Waals surface area contributed by atoms with E-state index < -0.39 is 11.9 Å². The summed E-state index contributed by atoms with van der Waals surface area (Å²) in [5, 5.41) is 3.19. The van der Waals surface area contributed by atoms with Crippen LogP contribution in [0.5, 0.6) is 5.75 Å². The van der Waals surface area contributed by atoms with Crippen molar-refractivity contribution < 1.29 is 28.7 Å². The number of carbonyl (C=O) groups is 4. The van der Waals surface area contributed by atoms with E-state index in [0.717, 1.165) is 15.3 Å². The van der Waals surface area contributed by atoms with Crippen molar-refractivity contribution in [3.63, 3.8) is 0 Å². The number of carbonyl (C=O) groups excluding carboxylic acids is 4. The maximum atomic E-state index is 13.3. The Morgan fingerprint density at radius 3 is 2.29 bits per heavy atom. The molecule has 2 aromatic carbocycles. The average molecular weight is 493 g/mol. The van der Waals surface area contributed by atoms with Crippen LogP contribution in [0.3, 0.4) is 0 Å². The summed E-state index contributed by atoms with van der Waals surface area (Å²) in [7, 11) is 1.44. The number of methoxy groups -OCH3 is 1. The van der Waals surface area contributed by atoms with Crippen molar-refractivity contribution in [3.05, 3.63) is 80.7 Å². The van der Waals surface area contributed by atoms with Gasteiger partial charge >= 0.3 is 5.97 Å². The number of hydrogen-bond acceptors (Lipinski definition) is 7. The molecule has 0 bridgehead atoms. The zero-order valence-corrected chi connectivity index (χ0v) is 20.6. The first-order valence-electron chi connectivity index (χ1n) is 11.0. The number of aryl methyl sites for hydroxylation is 1. The zero-order valence-electron chi connectivity index (χ0n) is 19.8. The lowest BCUT2D eigenvalue weighted by molar-refractivity contribution is 0.0526. The van der Waals surface area contributed by atoms with Crippen LogP contribution < -0.4 is 10.1 Å². The lowest BCUT2D eigenvalue weighted by Gasteiger charge is -2.16. The number of rotatable bonds is 7. The lowest BCUT2D eigenvalue weighted by atomic mass is 10.1. The number of anilines is 1. The smallest absolute Gasteiger partial charge is 0.341 e. The largest absolute Gasteiger partial charge is 0.496 e. The van der Waals surface area contributed by atoms with E-state index >= 15 is 0 Å². The number of nitrogens with zero attached hydrogens (tertiary/aromatic N) is 1. The van der Waals surface area contributed by atoms with Crippen LogP contribution >= 0.6 is 11.3 Å². The predicted molar refractivity (Wildman–Crippen MR) is 131 cm³/mol. The molecule has 9 heteroatoms. The van der Waals surface area contributed by atoms with Crippen LogP contribution in [0.1, 0.15) is 64.4 Å². The number of benzene rings is 2. The summed E-state index contributed by atoms with van der Waals surface area (Å²) in [6.45, 7) is 5.60. The highest BCUT2D eigenvalue weighted by Gasteiger charge is 2.35. The summed E-state index contributed by atoms with van der Waals surface area (Å²) < 4.78 is 10.5. The number of esters is 1. The molecule has 1 aromatic heterocycles. The van der Waals surface area contributed by atoms with Crippen molar-refractivity contribution >= 4 is 40.0 Å². The van der Waals surface area contributed by atoms with Gasteiger partial charge in [-0.15, -0.1) is 11.3 Å². The Morgan fingerprint density at radius 2 is 1.69 bits per heavy atom. The highest BCUT2D eigenvalue weighted by molar-refractivity contribution is 7.16. The monoisotopic (exact) mass is 492 g/mol. The molecule has 0 unspecified atom stereocenters. The Morgan fingerprint density at radius 1 is 1.03 bits per heavy atom. The summed E-state index contributed by atoms with van der Waals surface area (Å²) in [5.74, 6) is -1.43. The lowest BCUT2D eigenvalue weighted by Crippen LogP contribution is -2.29. The molecule has 0 radical (unpaired) electrons. The fourth-order valence-corrected chi connectivity index (χ4v) is 4.97. The quantitative estimate of drug-likeness (QED) is 0.382. The van der Waals surface area contributed by atoms with Crippen LogP contribution in [-0.2, 0) is 11.3 Å². The second kappa shape index (κ2) is 9.71. The van der Waals surface area contributed by atoms with Gasteiger partial charge in [0.2, 0.25) is 0 Å². The molecule has 8 nitrogen and oxygen atoms in total. The molecule has 3 aromatic rings. The van der Waals surface area contributed by atoms with E-state index in [-0.39, 0.29) is 30.5 Å². The molecule has 3 amide bonds. The van der Waals surface area contributed by atoms with Gasteiger partial charge < -0.3 is 14.8 Å². The maximum absolute atomic E-state index is 13.3. The van der Waals surface area contributed by atoms with E-state index in [2.05, 4.69) is 5.32 Å². The Hall–Kier alpha value is -3.98. The van der Waals surface area contributed by atoms with Gasteiger partial charge in [0.25, 0.3) is 17.7 Å². The molecule has 0 saturated carbocycles. The minimum atomic E-state index is -0.504. The number of ether oxygens (including phenoxy) is 2. The number of imide groups is 1. The van der Waals surface area contributed by atoms with Crippen molar-refractivity contribution in [2.24, 2.45) is 0 Å². The van der Waals surface area contributed by atoms with Gasteiger partial charge in [0.1, 0.15) is 10.8 Å². The molecule has 0 spiro atoms. The van der Waals surface area contributed by atoms with Crippen LogP contribution in [0.15, 0.2) is 42.5 Å². The Balaban J connectivity index is 1.62. The number of thiophene rings is 1. The summed E-state index contributed by atoms with van der Waals surface area (Å²) in [6.07, 6.45) is 0. The van der Waals surface area contributed by atoms with Gasteiger partial charge in [-0.25, -0.2) is 4.79 Å². The summed E-state index contributed by atoms with van der Waals surface area (Å²) in [5.41, 5.74) is 2.58. The molecule has 0 fully saturated rings. The van der Waals surface area contributed by atoms with Gasteiger partial charge in [0.05, 0.1) is 42.5 Å². The minimum absolute atomic E-state index is 0.00190. The highest BCUT2D eigenvalue weighted by Crippen LogP contribution is 2.34. The molecule has 0 aliphatic carbocycles. The molecule has 0 saturated heterocycles. The summed E-state index contributed by atoms with van der Waals surface area (Å²) >= 11 is 1.28. The molecule has 1 aliphatic rings. The van der Waals surface area contributed by atoms with Gasteiger partial charge in [-0.3, -0.25) is 19.3 Å². The molecular weight excluding hydrogens is 468 g/mol. The normalized spacial score (nSPS) is 12.5. The molecule has 35 heavy (non-hydrogen) atoms. The zero-order chi connectivity index (χ0) is 25.3. The molecular formula is C26H24N2O6S. The van der Waals surface area contributed by atoms with Crippen molar-refractivity contribution in [2.75, 3.05) is 19.0 Å². The number of nitrogens with one attached hydrogen (secondary N) is 1. The Kier molecular flexibility index (Phi) is 6.70. The molecule has 1 aliphatic heterocycles. The molecule has 180 valence electrons. The number of hydrogen-bond donors (Lipinski definition) is 1. The van der Waals surface area contributed by atoms with Gasteiger partial charge in [0, 0.05) is 4.88 Å². The summed E-state index contributed by atoms with van der Waals surface area (Å²) in [6, 6.07) is 11.5. The van der Waals surface area contributed by atoms with Crippen LogP contribution in [-0.4, -0.2) is 42.3 Å². The van der Waals surface area contributed by atoms with Crippen molar-refractivity contribution in [2.45, 2.75) is 27.3 Å². The van der Waals surface area contributed by atoms with E-state index in [1.807, 2.05) is 6.92 Å². The maximum Gasteiger partial charge on any atom is 0.341 e. The Labute approximate surface area is 206 Å². The number of amides is 3. The second-order valence-electron chi connectivity index (χ2n) is 7.94. The van der Waals surface area contributed by atoms with Gasteiger partial charge in [-0.1, -0.05) is 18.2 Å².